The average molecular weight is 244 g/mol. The molecule has 0 amide bonds. The first-order valence-electron chi connectivity index (χ1n) is 5.75. The summed E-state index contributed by atoms with van der Waals surface area (Å²) in [6, 6.07) is 17.6. The summed E-state index contributed by atoms with van der Waals surface area (Å²) >= 11 is -1.07. The molecule has 17 heavy (non-hydrogen) atoms. The first-order chi connectivity index (χ1) is 8.18. The second kappa shape index (κ2) is 5.39. The monoisotopic (exact) mass is 244 g/mol. The van der Waals surface area contributed by atoms with Gasteiger partial charge in [-0.05, 0) is 35.7 Å². The molecule has 88 valence electrons. The Balaban J connectivity index is 2.31. The molecule has 2 rings (SSSR count). The highest BCUT2D eigenvalue weighted by atomic mass is 32.2. The minimum absolute atomic E-state index is 0.461. The van der Waals surface area contributed by atoms with Gasteiger partial charge in [0.1, 0.15) is 0 Å². The van der Waals surface area contributed by atoms with Crippen LogP contribution in [0.25, 0.3) is 0 Å². The molecule has 0 aliphatic rings. The average Bonchev–Trinajstić information content (AvgIpc) is 2.39. The van der Waals surface area contributed by atoms with Crippen molar-refractivity contribution < 1.29 is 4.55 Å². The molecule has 1 atom stereocenters. The van der Waals surface area contributed by atoms with Crippen molar-refractivity contribution in [1.29, 1.82) is 0 Å². The van der Waals surface area contributed by atoms with Crippen LogP contribution in [0.4, 0.5) is 0 Å². The predicted molar refractivity (Wildman–Crippen MR) is 71.6 cm³/mol. The summed E-state index contributed by atoms with van der Waals surface area (Å²) in [6.45, 7) is 4.29. The summed E-state index contributed by atoms with van der Waals surface area (Å²) in [5.41, 5.74) is 1.23. The Morgan fingerprint density at radius 3 is 2.18 bits per heavy atom. The lowest BCUT2D eigenvalue weighted by molar-refractivity contribution is 0.595. The van der Waals surface area contributed by atoms with Gasteiger partial charge < -0.3 is 4.55 Å². The van der Waals surface area contributed by atoms with Gasteiger partial charge in [0.15, 0.2) is 9.79 Å². The molecule has 1 unspecified atom stereocenters. The lowest BCUT2D eigenvalue weighted by Crippen LogP contribution is -2.02. The van der Waals surface area contributed by atoms with Crippen LogP contribution in [0.15, 0.2) is 64.4 Å². The Labute approximate surface area is 106 Å². The highest BCUT2D eigenvalue weighted by Crippen LogP contribution is 2.23. The Morgan fingerprint density at radius 2 is 1.53 bits per heavy atom. The summed E-state index contributed by atoms with van der Waals surface area (Å²) in [6.07, 6.45) is 0. The standard InChI is InChI=1S/C15H16OS/c1-12(2)13-7-6-10-15(11-13)17(16)14-8-4-3-5-9-14/h3-12H,1-2H3. The first kappa shape index (κ1) is 12.2. The quantitative estimate of drug-likeness (QED) is 0.749. The predicted octanol–water partition coefficient (Wildman–Crippen LogP) is 3.98. The minimum Gasteiger partial charge on any atom is -0.606 e. The minimum atomic E-state index is -1.07. The van der Waals surface area contributed by atoms with E-state index in [9.17, 15) is 4.55 Å². The molecule has 0 spiro atoms. The summed E-state index contributed by atoms with van der Waals surface area (Å²) < 4.78 is 12.3. The van der Waals surface area contributed by atoms with E-state index in [1.54, 1.807) is 0 Å². The van der Waals surface area contributed by atoms with E-state index in [0.29, 0.717) is 5.92 Å². The third-order valence-electron chi connectivity index (χ3n) is 2.70. The number of benzene rings is 2. The van der Waals surface area contributed by atoms with E-state index < -0.39 is 11.2 Å². The highest BCUT2D eigenvalue weighted by Gasteiger charge is 2.14. The number of hydrogen-bond donors (Lipinski definition) is 0. The SMILES string of the molecule is CC(C)c1cccc([S+]([O-])c2ccccc2)c1. The van der Waals surface area contributed by atoms with Crippen LogP contribution in [-0.2, 0) is 11.2 Å². The van der Waals surface area contributed by atoms with Crippen LogP contribution < -0.4 is 0 Å². The molecular formula is C15H16OS. The first-order valence-corrected chi connectivity index (χ1v) is 6.90. The zero-order valence-electron chi connectivity index (χ0n) is 10.1. The largest absolute Gasteiger partial charge is 0.606 e. The molecule has 2 aromatic carbocycles. The van der Waals surface area contributed by atoms with Crippen LogP contribution in [0.5, 0.6) is 0 Å². The maximum Gasteiger partial charge on any atom is 0.158 e. The lowest BCUT2D eigenvalue weighted by atomic mass is 10.0. The molecule has 2 heteroatoms. The van der Waals surface area contributed by atoms with Gasteiger partial charge in [0.2, 0.25) is 0 Å². The highest BCUT2D eigenvalue weighted by molar-refractivity contribution is 7.91. The summed E-state index contributed by atoms with van der Waals surface area (Å²) in [7, 11) is 0. The molecule has 1 nitrogen and oxygen atoms in total. The van der Waals surface area contributed by atoms with Gasteiger partial charge in [-0.1, -0.05) is 44.2 Å². The summed E-state index contributed by atoms with van der Waals surface area (Å²) in [5, 5.41) is 0. The van der Waals surface area contributed by atoms with Crippen LogP contribution in [0.3, 0.4) is 0 Å². The number of rotatable bonds is 3. The summed E-state index contributed by atoms with van der Waals surface area (Å²) in [5.74, 6) is 0.461. The van der Waals surface area contributed by atoms with Crippen molar-refractivity contribution in [3.63, 3.8) is 0 Å². The van der Waals surface area contributed by atoms with Gasteiger partial charge in [-0.2, -0.15) is 0 Å². The maximum absolute atomic E-state index is 12.3. The third-order valence-corrected chi connectivity index (χ3v) is 4.08. The van der Waals surface area contributed by atoms with Crippen LogP contribution in [-0.4, -0.2) is 4.55 Å². The molecule has 0 radical (unpaired) electrons. The van der Waals surface area contributed by atoms with Crippen LogP contribution in [0, 0.1) is 0 Å². The fourth-order valence-corrected chi connectivity index (χ4v) is 2.79. The van der Waals surface area contributed by atoms with Crippen molar-refractivity contribution in [1.82, 2.24) is 0 Å². The van der Waals surface area contributed by atoms with E-state index in [-0.39, 0.29) is 0 Å². The van der Waals surface area contributed by atoms with E-state index in [2.05, 4.69) is 19.9 Å². The zero-order valence-corrected chi connectivity index (χ0v) is 10.9. The van der Waals surface area contributed by atoms with Crippen LogP contribution in [0.2, 0.25) is 0 Å². The van der Waals surface area contributed by atoms with E-state index in [0.717, 1.165) is 9.79 Å². The van der Waals surface area contributed by atoms with Crippen molar-refractivity contribution in [2.24, 2.45) is 0 Å². The Kier molecular flexibility index (Phi) is 3.87. The van der Waals surface area contributed by atoms with Crippen molar-refractivity contribution >= 4 is 11.2 Å². The van der Waals surface area contributed by atoms with Crippen molar-refractivity contribution in [3.8, 4) is 0 Å². The molecular weight excluding hydrogens is 228 g/mol. The molecule has 0 N–H and O–H groups in total. The maximum atomic E-state index is 12.3. The fourth-order valence-electron chi connectivity index (χ4n) is 1.67. The van der Waals surface area contributed by atoms with Gasteiger partial charge in [0, 0.05) is 11.2 Å². The zero-order chi connectivity index (χ0) is 12.3. The van der Waals surface area contributed by atoms with Gasteiger partial charge in [-0.15, -0.1) is 0 Å². The number of hydrogen-bond acceptors (Lipinski definition) is 1. The van der Waals surface area contributed by atoms with Gasteiger partial charge in [0.25, 0.3) is 0 Å². The second-order valence-corrected chi connectivity index (χ2v) is 5.79. The van der Waals surface area contributed by atoms with Gasteiger partial charge in [-0.3, -0.25) is 0 Å². The Bertz CT molecular complexity index is 479. The molecule has 0 saturated heterocycles. The van der Waals surface area contributed by atoms with E-state index in [4.69, 9.17) is 0 Å². The summed E-state index contributed by atoms with van der Waals surface area (Å²) in [4.78, 5) is 1.73. The van der Waals surface area contributed by atoms with E-state index in [1.165, 1.54) is 5.56 Å². The van der Waals surface area contributed by atoms with Crippen LogP contribution >= 0.6 is 0 Å². The molecule has 0 heterocycles. The van der Waals surface area contributed by atoms with Crippen molar-refractivity contribution in [3.05, 3.63) is 60.2 Å². The molecule has 0 bridgehead atoms. The molecule has 0 fully saturated rings. The van der Waals surface area contributed by atoms with Crippen LogP contribution in [0.1, 0.15) is 25.3 Å². The second-order valence-electron chi connectivity index (χ2n) is 4.31. The normalized spacial score (nSPS) is 12.7. The Morgan fingerprint density at radius 1 is 0.882 bits per heavy atom. The van der Waals surface area contributed by atoms with Crippen molar-refractivity contribution in [2.45, 2.75) is 29.6 Å². The Hall–Kier alpha value is -1.25. The molecule has 2 aromatic rings. The molecule has 0 aliphatic carbocycles. The molecule has 0 aromatic heterocycles. The van der Waals surface area contributed by atoms with Crippen molar-refractivity contribution in [2.75, 3.05) is 0 Å². The lowest BCUT2D eigenvalue weighted by Gasteiger charge is -2.12. The van der Waals surface area contributed by atoms with Gasteiger partial charge >= 0.3 is 0 Å². The molecule has 0 aliphatic heterocycles. The molecule has 0 saturated carbocycles. The van der Waals surface area contributed by atoms with E-state index >= 15 is 0 Å². The van der Waals surface area contributed by atoms with Gasteiger partial charge in [0.05, 0.1) is 0 Å². The van der Waals surface area contributed by atoms with Gasteiger partial charge in [-0.25, -0.2) is 0 Å². The van der Waals surface area contributed by atoms with E-state index in [1.807, 2.05) is 48.5 Å². The fraction of sp³-hybridized carbons (Fsp3) is 0.200. The topological polar surface area (TPSA) is 23.1 Å². The third kappa shape index (κ3) is 2.90. The smallest absolute Gasteiger partial charge is 0.158 e.